The van der Waals surface area contributed by atoms with Gasteiger partial charge in [-0.25, -0.2) is 13.6 Å². The van der Waals surface area contributed by atoms with Crippen LogP contribution in [0.25, 0.3) is 0 Å². The molecule has 0 aromatic heterocycles. The third-order valence-corrected chi connectivity index (χ3v) is 17.7. The van der Waals surface area contributed by atoms with Gasteiger partial charge in [0, 0.05) is 37.1 Å². The fourth-order valence-electron chi connectivity index (χ4n) is 12.9. The monoisotopic (exact) mass is 1030 g/mol. The summed E-state index contributed by atoms with van der Waals surface area (Å²) in [5, 5.41) is 21.2. The maximum Gasteiger partial charge on any atom is 1.00 e. The van der Waals surface area contributed by atoms with Crippen molar-refractivity contribution < 1.29 is 53.6 Å². The summed E-state index contributed by atoms with van der Waals surface area (Å²) in [4.78, 5) is 33.1. The maximum atomic E-state index is 13.5. The van der Waals surface area contributed by atoms with Crippen molar-refractivity contribution >= 4 is 41.8 Å². The number of carboxylic acids is 1. The van der Waals surface area contributed by atoms with Crippen molar-refractivity contribution in [2.45, 2.75) is 102 Å². The largest absolute Gasteiger partial charge is 1.00 e. The minimum absolute atomic E-state index is 0. The molecule has 1 amide bonds. The van der Waals surface area contributed by atoms with E-state index in [-0.39, 0.29) is 85.3 Å². The fourth-order valence-corrected chi connectivity index (χ4v) is 12.9. The van der Waals surface area contributed by atoms with Gasteiger partial charge in [0.05, 0.1) is 25.1 Å². The number of aliphatic carboxylic acids is 1. The number of halogens is 3. The van der Waals surface area contributed by atoms with E-state index in [1.54, 1.807) is 12.1 Å². The normalized spacial score (nSPS) is 28.7. The Bertz CT molecular complexity index is 2320. The number of carbonyl (C=O) groups is 2. The summed E-state index contributed by atoms with van der Waals surface area (Å²) in [6.45, 7) is 13.2. The number of nitrogens with one attached hydrogen (secondary N) is 1. The third-order valence-electron chi connectivity index (χ3n) is 17.7. The molecule has 11 aliphatic heterocycles. The smallest absolute Gasteiger partial charge is 1.00 e. The molecule has 0 spiro atoms. The number of ether oxygens (including phenoxy) is 1. The van der Waals surface area contributed by atoms with Gasteiger partial charge in [-0.05, 0) is 216 Å². The first kappa shape index (κ1) is 59.0. The van der Waals surface area contributed by atoms with Crippen molar-refractivity contribution in [3.8, 4) is 0 Å². The van der Waals surface area contributed by atoms with Crippen molar-refractivity contribution in [3.05, 3.63) is 142 Å². The molecular weight excluding hydrogens is 954 g/mol. The first-order chi connectivity index (χ1) is 34.0. The summed E-state index contributed by atoms with van der Waals surface area (Å²) >= 11 is 0. The van der Waals surface area contributed by atoms with E-state index in [4.69, 9.17) is 14.9 Å². The molecule has 10 nitrogen and oxygen atoms in total. The summed E-state index contributed by atoms with van der Waals surface area (Å²) in [6.07, 6.45) is 14.9. The average molecular weight is 1030 g/mol. The van der Waals surface area contributed by atoms with Crippen LogP contribution in [0.1, 0.15) is 124 Å². The number of aliphatic hydroxyl groups excluding tert-OH is 1. The Hall–Kier alpha value is -3.30. The van der Waals surface area contributed by atoms with Crippen molar-refractivity contribution in [3.63, 3.8) is 0 Å². The number of aliphatic hydroxyl groups is 1. The van der Waals surface area contributed by atoms with Crippen molar-refractivity contribution in [2.24, 2.45) is 16.2 Å². The summed E-state index contributed by atoms with van der Waals surface area (Å²) in [6, 6.07) is 29.9. The molecule has 9 fully saturated rings. The Morgan fingerprint density at radius 2 is 1.04 bits per heavy atom. The molecule has 15 rings (SSSR count). The number of carboxylic acid groups (broad SMARTS) is 1. The predicted octanol–water partition coefficient (Wildman–Crippen LogP) is 6.81. The van der Waals surface area contributed by atoms with E-state index in [0.29, 0.717) is 37.0 Å². The van der Waals surface area contributed by atoms with E-state index in [2.05, 4.69) is 56.4 Å². The molecule has 2 atom stereocenters. The Balaban J connectivity index is 0.000000196. The summed E-state index contributed by atoms with van der Waals surface area (Å²) < 4.78 is 32.3. The number of hydrogen-bond donors (Lipinski definition) is 3. The third kappa shape index (κ3) is 14.8. The van der Waals surface area contributed by atoms with Crippen molar-refractivity contribution in [1.82, 2.24) is 24.9 Å². The van der Waals surface area contributed by atoms with Crippen LogP contribution in [-0.4, -0.2) is 144 Å². The number of fused-ring (bicyclic) bond motifs is 11. The number of benzene rings is 4. The molecule has 3 radical (unpaired) electrons. The van der Waals surface area contributed by atoms with Crippen LogP contribution in [0.3, 0.4) is 0 Å². The van der Waals surface area contributed by atoms with Crippen LogP contribution in [0.15, 0.2) is 97.1 Å². The van der Waals surface area contributed by atoms with Crippen LogP contribution in [0.2, 0.25) is 0 Å². The molecule has 0 unspecified atom stereocenters. The minimum atomic E-state index is -0.620. The molecule has 3 N–H and O–H groups in total. The van der Waals surface area contributed by atoms with E-state index in [1.165, 1.54) is 119 Å². The minimum Gasteiger partial charge on any atom is -1.00 e. The fraction of sp³-hybridized carbons (Fsp3) is 0.552. The zero-order valence-corrected chi connectivity index (χ0v) is 45.1. The summed E-state index contributed by atoms with van der Waals surface area (Å²) in [7, 11) is 0. The number of carbonyl (C=O) groups excluding carboxylic acids is 1. The van der Waals surface area contributed by atoms with Gasteiger partial charge in [-0.3, -0.25) is 9.69 Å². The molecule has 4 aromatic rings. The average Bonchev–Trinajstić information content (AvgIpc) is 3.40. The molecule has 0 aliphatic carbocycles. The topological polar surface area (TPSA) is 109 Å². The Labute approximate surface area is 463 Å². The molecule has 11 aliphatic rings. The van der Waals surface area contributed by atoms with Gasteiger partial charge in [0.2, 0.25) is 0 Å². The van der Waals surface area contributed by atoms with Gasteiger partial charge in [-0.1, -0.05) is 72.8 Å². The molecule has 15 heteroatoms. The van der Waals surface area contributed by atoms with Crippen LogP contribution in [0.5, 0.6) is 0 Å². The zero-order valence-electron chi connectivity index (χ0n) is 44.1. The van der Waals surface area contributed by atoms with Crippen molar-refractivity contribution in [2.75, 3.05) is 85.2 Å². The number of rotatable bonds is 9. The quantitative estimate of drug-likeness (QED) is 0.156. The first-order valence-corrected chi connectivity index (χ1v) is 26.4. The Morgan fingerprint density at radius 1 is 0.603 bits per heavy atom. The van der Waals surface area contributed by atoms with Gasteiger partial charge in [0.25, 0.3) is 0 Å². The van der Waals surface area contributed by atoms with E-state index in [0.717, 1.165) is 87.8 Å². The second-order valence-electron chi connectivity index (χ2n) is 21.7. The molecule has 389 valence electrons. The molecule has 73 heavy (non-hydrogen) atoms. The van der Waals surface area contributed by atoms with Crippen LogP contribution >= 0.6 is 12.4 Å². The van der Waals surface area contributed by atoms with Crippen LogP contribution in [0, 0.1) is 27.9 Å². The Kier molecular flexibility index (Phi) is 21.9. The Morgan fingerprint density at radius 3 is 1.53 bits per heavy atom. The first-order valence-electron chi connectivity index (χ1n) is 26.4. The van der Waals surface area contributed by atoms with E-state index in [9.17, 15) is 18.4 Å². The van der Waals surface area contributed by atoms with E-state index >= 15 is 0 Å². The zero-order chi connectivity index (χ0) is 48.6. The van der Waals surface area contributed by atoms with Gasteiger partial charge in [0.15, 0.2) is 0 Å². The van der Waals surface area contributed by atoms with Crippen LogP contribution in [0.4, 0.5) is 13.6 Å². The molecule has 4 aromatic carbocycles. The SMILES string of the molecule is Cl.Fc1ccc([C@@H]2NCCc3ccccc32)cc1.O=C(O)CC12CCN(CC1)CC2.O=C(OCCC12CCN(CC1)CC2)N1CCc2ccccc2[C@@H]1c1ccc(F)cc1.OCCC12CCN(CC1)CC2.[Al].[H-].[Li+]. The molecular formula is C58H77AlClF2LiN5O5. The van der Waals surface area contributed by atoms with Crippen LogP contribution < -0.4 is 24.2 Å². The number of nitrogens with zero attached hydrogens (tertiary/aromatic N) is 4. The van der Waals surface area contributed by atoms with Gasteiger partial charge >= 0.3 is 30.9 Å². The van der Waals surface area contributed by atoms with Gasteiger partial charge in [0.1, 0.15) is 11.6 Å². The van der Waals surface area contributed by atoms with Gasteiger partial charge < -0.3 is 36.4 Å². The molecule has 6 bridgehead atoms. The second-order valence-corrected chi connectivity index (χ2v) is 21.7. The second kappa shape index (κ2) is 27.1. The number of hydrogen-bond acceptors (Lipinski definition) is 8. The number of amides is 1. The molecule has 0 saturated carbocycles. The maximum absolute atomic E-state index is 13.5. The number of piperidine rings is 9. The predicted molar refractivity (Wildman–Crippen MR) is 284 cm³/mol. The molecule has 9 saturated heterocycles. The standard InChI is InChI=1S/C25H29FN2O2.C15H14FN.C9H15NO2.C9H17NO.Al.ClH.Li.H/c26-21-7-5-20(6-8-21)23-22-4-2-1-3-19(22)9-14-28(23)24(29)30-18-13-25-10-15-27(16-11-25)17-12-25;16-13-7-5-12(6-8-13)15-14-4-2-1-3-11(14)9-10-17-15;11-8(12)7-9-1-4-10(5-2-9)6-3-9;11-8-4-9-1-5-10(6-2-9)7-3-9;;;;/h1-8,23H,9-18H2;1-8,15,17H,9-10H2;1-7H2,(H,11,12);11H,1-8H2;;1H;;/q;;;;;;+1;-1/t23-;15-;;;;;;/m00....../s1. The molecule has 11 heterocycles. The van der Waals surface area contributed by atoms with Crippen LogP contribution in [-0.2, 0) is 22.4 Å². The van der Waals surface area contributed by atoms with E-state index in [1.807, 2.05) is 29.2 Å². The van der Waals surface area contributed by atoms with E-state index < -0.39 is 5.97 Å². The summed E-state index contributed by atoms with van der Waals surface area (Å²) in [5.41, 5.74) is 8.15. The van der Waals surface area contributed by atoms with Gasteiger partial charge in [-0.15, -0.1) is 12.4 Å². The van der Waals surface area contributed by atoms with Gasteiger partial charge in [-0.2, -0.15) is 0 Å². The van der Waals surface area contributed by atoms with Crippen molar-refractivity contribution in [1.29, 1.82) is 0 Å². The summed E-state index contributed by atoms with van der Waals surface area (Å²) in [5.74, 6) is -1.07.